The normalized spacial score (nSPS) is 10.2. The van der Waals surface area contributed by atoms with E-state index >= 15 is 0 Å². The molecule has 120 valence electrons. The van der Waals surface area contributed by atoms with Crippen molar-refractivity contribution in [2.24, 2.45) is 0 Å². The highest BCUT2D eigenvalue weighted by Gasteiger charge is 2.13. The third kappa shape index (κ3) is 5.55. The summed E-state index contributed by atoms with van der Waals surface area (Å²) in [5.74, 6) is -0.717. The Bertz CT molecular complexity index is 532. The van der Waals surface area contributed by atoms with Crippen LogP contribution in [-0.4, -0.2) is 23.8 Å². The van der Waals surface area contributed by atoms with Gasteiger partial charge < -0.3 is 16.0 Å². The van der Waals surface area contributed by atoms with Crippen molar-refractivity contribution in [1.82, 2.24) is 5.32 Å². The second kappa shape index (κ2) is 8.17. The van der Waals surface area contributed by atoms with E-state index in [9.17, 15) is 14.4 Å². The van der Waals surface area contributed by atoms with Gasteiger partial charge in [0, 0.05) is 36.8 Å². The molecule has 0 unspecified atom stereocenters. The Balaban J connectivity index is 3.07. The van der Waals surface area contributed by atoms with Crippen molar-refractivity contribution >= 4 is 29.1 Å². The van der Waals surface area contributed by atoms with Gasteiger partial charge in [-0.2, -0.15) is 0 Å². The smallest absolute Gasteiger partial charge is 0.251 e. The predicted molar refractivity (Wildman–Crippen MR) is 86.9 cm³/mol. The van der Waals surface area contributed by atoms with Gasteiger partial charge in [0.25, 0.3) is 5.91 Å². The lowest BCUT2D eigenvalue weighted by Crippen LogP contribution is -2.33. The lowest BCUT2D eigenvalue weighted by Gasteiger charge is -2.16. The van der Waals surface area contributed by atoms with Crippen LogP contribution in [-0.2, 0) is 9.59 Å². The lowest BCUT2D eigenvalue weighted by atomic mass is 10.1. The SMILES string of the molecule is CCC(CC)NC(=O)c1cc(NC(C)=O)cc(NC(C)=O)c1. The van der Waals surface area contributed by atoms with Gasteiger partial charge in [0.2, 0.25) is 11.8 Å². The summed E-state index contributed by atoms with van der Waals surface area (Å²) in [4.78, 5) is 34.7. The molecule has 6 nitrogen and oxygen atoms in total. The minimum absolute atomic E-state index is 0.0983. The summed E-state index contributed by atoms with van der Waals surface area (Å²) in [6, 6.07) is 4.88. The minimum atomic E-state index is -0.244. The van der Waals surface area contributed by atoms with Crippen molar-refractivity contribution in [3.63, 3.8) is 0 Å². The molecule has 1 rings (SSSR count). The first-order chi connectivity index (χ1) is 10.3. The standard InChI is InChI=1S/C16H23N3O3/c1-5-13(6-2)19-16(22)12-7-14(17-10(3)20)9-15(8-12)18-11(4)21/h7-9,13H,5-6H2,1-4H3,(H,17,20)(H,18,21)(H,19,22). The maximum Gasteiger partial charge on any atom is 0.251 e. The quantitative estimate of drug-likeness (QED) is 0.754. The molecule has 0 aromatic heterocycles. The second-order valence-corrected chi connectivity index (χ2v) is 5.15. The fraction of sp³-hybridized carbons (Fsp3) is 0.438. The summed E-state index contributed by atoms with van der Waals surface area (Å²) >= 11 is 0. The molecule has 0 aliphatic heterocycles. The Morgan fingerprint density at radius 1 is 0.909 bits per heavy atom. The first-order valence-corrected chi connectivity index (χ1v) is 7.36. The van der Waals surface area contributed by atoms with Crippen molar-refractivity contribution < 1.29 is 14.4 Å². The number of amides is 3. The van der Waals surface area contributed by atoms with E-state index in [0.29, 0.717) is 16.9 Å². The Morgan fingerprint density at radius 2 is 1.36 bits per heavy atom. The summed E-state index contributed by atoms with van der Waals surface area (Å²) in [5.41, 5.74) is 1.32. The highest BCUT2D eigenvalue weighted by Crippen LogP contribution is 2.19. The van der Waals surface area contributed by atoms with Gasteiger partial charge >= 0.3 is 0 Å². The van der Waals surface area contributed by atoms with E-state index < -0.39 is 0 Å². The molecule has 22 heavy (non-hydrogen) atoms. The highest BCUT2D eigenvalue weighted by molar-refractivity contribution is 6.00. The maximum absolute atomic E-state index is 12.3. The van der Waals surface area contributed by atoms with E-state index in [4.69, 9.17) is 0 Å². The van der Waals surface area contributed by atoms with Crippen LogP contribution in [0.4, 0.5) is 11.4 Å². The van der Waals surface area contributed by atoms with Crippen molar-refractivity contribution in [1.29, 1.82) is 0 Å². The lowest BCUT2D eigenvalue weighted by molar-refractivity contribution is -0.115. The summed E-state index contributed by atoms with van der Waals surface area (Å²) in [7, 11) is 0. The Kier molecular flexibility index (Phi) is 6.56. The van der Waals surface area contributed by atoms with Gasteiger partial charge in [-0.05, 0) is 31.0 Å². The van der Waals surface area contributed by atoms with Gasteiger partial charge in [-0.1, -0.05) is 13.8 Å². The molecule has 0 saturated carbocycles. The predicted octanol–water partition coefficient (Wildman–Crippen LogP) is 2.52. The van der Waals surface area contributed by atoms with Crippen LogP contribution in [0.1, 0.15) is 50.9 Å². The third-order valence-corrected chi connectivity index (χ3v) is 3.16. The van der Waals surface area contributed by atoms with Crippen LogP contribution in [0.2, 0.25) is 0 Å². The molecule has 3 N–H and O–H groups in total. The molecule has 0 radical (unpaired) electrons. The minimum Gasteiger partial charge on any atom is -0.349 e. The van der Waals surface area contributed by atoms with Crippen molar-refractivity contribution in [3.8, 4) is 0 Å². The molecule has 0 atom stereocenters. The molecule has 1 aromatic carbocycles. The maximum atomic E-state index is 12.3. The molecular formula is C16H23N3O3. The molecule has 0 fully saturated rings. The Labute approximate surface area is 130 Å². The van der Waals surface area contributed by atoms with Crippen LogP contribution in [0.5, 0.6) is 0 Å². The fourth-order valence-electron chi connectivity index (χ4n) is 2.07. The third-order valence-electron chi connectivity index (χ3n) is 3.16. The monoisotopic (exact) mass is 305 g/mol. The van der Waals surface area contributed by atoms with E-state index in [-0.39, 0.29) is 23.8 Å². The van der Waals surface area contributed by atoms with E-state index in [1.54, 1.807) is 18.2 Å². The number of carbonyl (C=O) groups excluding carboxylic acids is 3. The van der Waals surface area contributed by atoms with Gasteiger partial charge in [-0.25, -0.2) is 0 Å². The number of rotatable bonds is 6. The van der Waals surface area contributed by atoms with Crippen LogP contribution < -0.4 is 16.0 Å². The van der Waals surface area contributed by atoms with Gasteiger partial charge in [0.15, 0.2) is 0 Å². The van der Waals surface area contributed by atoms with Crippen LogP contribution in [0.3, 0.4) is 0 Å². The first-order valence-electron chi connectivity index (χ1n) is 7.36. The number of nitrogens with one attached hydrogen (secondary N) is 3. The molecule has 0 saturated heterocycles. The van der Waals surface area contributed by atoms with Gasteiger partial charge in [-0.15, -0.1) is 0 Å². The zero-order valence-electron chi connectivity index (χ0n) is 13.4. The Morgan fingerprint density at radius 3 is 1.73 bits per heavy atom. The average molecular weight is 305 g/mol. The molecule has 0 heterocycles. The molecule has 3 amide bonds. The molecular weight excluding hydrogens is 282 g/mol. The zero-order valence-corrected chi connectivity index (χ0v) is 13.4. The average Bonchev–Trinajstić information content (AvgIpc) is 2.42. The van der Waals surface area contributed by atoms with E-state index in [1.165, 1.54) is 13.8 Å². The van der Waals surface area contributed by atoms with Gasteiger partial charge in [-0.3, -0.25) is 14.4 Å². The summed E-state index contributed by atoms with van der Waals surface area (Å²) < 4.78 is 0. The summed E-state index contributed by atoms with van der Waals surface area (Å²) in [6.45, 7) is 6.78. The van der Waals surface area contributed by atoms with Crippen molar-refractivity contribution in [2.45, 2.75) is 46.6 Å². The van der Waals surface area contributed by atoms with Gasteiger partial charge in [0.05, 0.1) is 0 Å². The number of anilines is 2. The number of hydrogen-bond donors (Lipinski definition) is 3. The van der Waals surface area contributed by atoms with Crippen LogP contribution in [0.25, 0.3) is 0 Å². The van der Waals surface area contributed by atoms with Crippen LogP contribution in [0.15, 0.2) is 18.2 Å². The van der Waals surface area contributed by atoms with E-state index in [2.05, 4.69) is 16.0 Å². The van der Waals surface area contributed by atoms with Crippen molar-refractivity contribution in [2.75, 3.05) is 10.6 Å². The first kappa shape index (κ1) is 17.7. The van der Waals surface area contributed by atoms with Gasteiger partial charge in [0.1, 0.15) is 0 Å². The Hall–Kier alpha value is -2.37. The summed E-state index contributed by atoms with van der Waals surface area (Å²) in [6.07, 6.45) is 1.68. The number of hydrogen-bond acceptors (Lipinski definition) is 3. The molecule has 0 aliphatic rings. The van der Waals surface area contributed by atoms with E-state index in [1.807, 2.05) is 13.8 Å². The molecule has 1 aromatic rings. The number of carbonyl (C=O) groups is 3. The van der Waals surface area contributed by atoms with Crippen molar-refractivity contribution in [3.05, 3.63) is 23.8 Å². The highest BCUT2D eigenvalue weighted by atomic mass is 16.2. The number of benzene rings is 1. The second-order valence-electron chi connectivity index (χ2n) is 5.15. The fourth-order valence-corrected chi connectivity index (χ4v) is 2.07. The summed E-state index contributed by atoms with van der Waals surface area (Å²) in [5, 5.41) is 8.18. The molecule has 6 heteroatoms. The molecule has 0 aliphatic carbocycles. The van der Waals surface area contributed by atoms with Crippen LogP contribution in [0, 0.1) is 0 Å². The topological polar surface area (TPSA) is 87.3 Å². The molecule has 0 bridgehead atoms. The molecule has 0 spiro atoms. The van der Waals surface area contributed by atoms with Crippen LogP contribution >= 0.6 is 0 Å². The van der Waals surface area contributed by atoms with E-state index in [0.717, 1.165) is 12.8 Å². The zero-order chi connectivity index (χ0) is 16.7. The largest absolute Gasteiger partial charge is 0.349 e.